The SMILES string of the molecule is O=C1CCC(Nc2ccc(N3CCN(CCNC(=O)c4ccc5c(c4)NC(=O)c4cnn6ccc(nc46)NCc4cc(F)ccc4O5)CC3)cc2)C(=O)N1. The Morgan fingerprint density at radius 1 is 0.944 bits per heavy atom. The molecular weight excluding hydrogens is 695 g/mol. The fraction of sp³-hybridized carbons (Fsp3) is 0.263. The molecule has 8 rings (SSSR count). The molecule has 2 fully saturated rings. The van der Waals surface area contributed by atoms with E-state index in [4.69, 9.17) is 4.74 Å². The number of amides is 4. The number of piperidine rings is 1. The summed E-state index contributed by atoms with van der Waals surface area (Å²) in [6, 6.07) is 18.2. The lowest BCUT2D eigenvalue weighted by atomic mass is 10.1. The summed E-state index contributed by atoms with van der Waals surface area (Å²) in [7, 11) is 0. The van der Waals surface area contributed by atoms with Crippen molar-refractivity contribution in [2.45, 2.75) is 25.4 Å². The number of imide groups is 1. The quantitative estimate of drug-likeness (QED) is 0.155. The number of hydrogen-bond donors (Lipinski definition) is 5. The first kappa shape index (κ1) is 34.5. The largest absolute Gasteiger partial charge is 0.455 e. The minimum Gasteiger partial charge on any atom is -0.455 e. The Morgan fingerprint density at radius 2 is 1.76 bits per heavy atom. The Hall–Kier alpha value is -6.55. The molecule has 5 aromatic rings. The van der Waals surface area contributed by atoms with Crippen molar-refractivity contribution in [3.05, 3.63) is 102 Å². The first-order chi connectivity index (χ1) is 26.3. The van der Waals surface area contributed by atoms with Gasteiger partial charge in [-0.2, -0.15) is 5.10 Å². The number of ether oxygens (including phenoxy) is 1. The first-order valence-corrected chi connectivity index (χ1v) is 17.7. The second-order valence-electron chi connectivity index (χ2n) is 13.3. The molecule has 0 aliphatic carbocycles. The maximum absolute atomic E-state index is 14.3. The Labute approximate surface area is 308 Å². The summed E-state index contributed by atoms with van der Waals surface area (Å²) in [4.78, 5) is 59.5. The minimum atomic E-state index is -0.491. The summed E-state index contributed by atoms with van der Waals surface area (Å²) in [5.41, 5.74) is 3.55. The van der Waals surface area contributed by atoms with Gasteiger partial charge in [0, 0.05) is 80.9 Å². The molecule has 0 spiro atoms. The molecule has 5 heterocycles. The maximum atomic E-state index is 14.3. The summed E-state index contributed by atoms with van der Waals surface area (Å²) >= 11 is 0. The van der Waals surface area contributed by atoms with Gasteiger partial charge in [0.2, 0.25) is 11.8 Å². The highest BCUT2D eigenvalue weighted by atomic mass is 19.1. The van der Waals surface area contributed by atoms with Gasteiger partial charge in [0.05, 0.1) is 11.9 Å². The fourth-order valence-corrected chi connectivity index (χ4v) is 6.73. The third-order valence-corrected chi connectivity index (χ3v) is 9.70. The van der Waals surface area contributed by atoms with E-state index >= 15 is 0 Å². The molecule has 3 aromatic carbocycles. The van der Waals surface area contributed by atoms with Crippen LogP contribution in [0.1, 0.15) is 39.1 Å². The highest BCUT2D eigenvalue weighted by molar-refractivity contribution is 6.09. The van der Waals surface area contributed by atoms with Crippen molar-refractivity contribution in [3.8, 4) is 11.5 Å². The molecule has 276 valence electrons. The van der Waals surface area contributed by atoms with Crippen LogP contribution >= 0.6 is 0 Å². The van der Waals surface area contributed by atoms with Crippen molar-refractivity contribution in [2.24, 2.45) is 0 Å². The number of hydrogen-bond acceptors (Lipinski definition) is 11. The number of carbonyl (C=O) groups excluding carboxylic acids is 4. The van der Waals surface area contributed by atoms with E-state index in [1.807, 2.05) is 24.3 Å². The zero-order valence-corrected chi connectivity index (χ0v) is 29.1. The van der Waals surface area contributed by atoms with E-state index in [1.165, 1.54) is 28.9 Å². The summed E-state index contributed by atoms with van der Waals surface area (Å²) in [6.07, 6.45) is 3.88. The van der Waals surface area contributed by atoms with Gasteiger partial charge in [0.25, 0.3) is 11.8 Å². The van der Waals surface area contributed by atoms with Crippen molar-refractivity contribution in [2.75, 3.05) is 60.1 Å². The number of nitrogens with zero attached hydrogens (tertiary/aromatic N) is 5. The summed E-state index contributed by atoms with van der Waals surface area (Å²) in [5.74, 6) is -0.657. The molecule has 1 atom stereocenters. The molecule has 15 nitrogen and oxygen atoms in total. The van der Waals surface area contributed by atoms with E-state index in [0.29, 0.717) is 54.3 Å². The highest BCUT2D eigenvalue weighted by Crippen LogP contribution is 2.34. The van der Waals surface area contributed by atoms with Crippen molar-refractivity contribution < 1.29 is 28.3 Å². The molecule has 0 radical (unpaired) electrons. The summed E-state index contributed by atoms with van der Waals surface area (Å²) in [5, 5.41) is 18.8. The third-order valence-electron chi connectivity index (χ3n) is 9.70. The number of aromatic nitrogens is 3. The van der Waals surface area contributed by atoms with E-state index in [-0.39, 0.29) is 41.3 Å². The molecule has 0 saturated carbocycles. The number of anilines is 4. The molecule has 2 bridgehead atoms. The molecular formula is C38H37FN10O5. The van der Waals surface area contributed by atoms with Crippen molar-refractivity contribution in [1.82, 2.24) is 30.1 Å². The molecule has 4 amide bonds. The predicted octanol–water partition coefficient (Wildman–Crippen LogP) is 3.61. The van der Waals surface area contributed by atoms with Gasteiger partial charge in [-0.25, -0.2) is 13.9 Å². The van der Waals surface area contributed by atoms with Gasteiger partial charge in [-0.05, 0) is 73.2 Å². The average molecular weight is 733 g/mol. The fourth-order valence-electron chi connectivity index (χ4n) is 6.73. The summed E-state index contributed by atoms with van der Waals surface area (Å²) in [6.45, 7) is 4.53. The first-order valence-electron chi connectivity index (χ1n) is 17.7. The van der Waals surface area contributed by atoms with Crippen molar-refractivity contribution in [1.29, 1.82) is 0 Å². The van der Waals surface area contributed by atoms with E-state index in [2.05, 4.69) is 46.5 Å². The van der Waals surface area contributed by atoms with Crippen LogP contribution in [0.5, 0.6) is 11.5 Å². The molecule has 2 aromatic heterocycles. The number of benzene rings is 3. The Kier molecular flexibility index (Phi) is 9.48. The van der Waals surface area contributed by atoms with Gasteiger partial charge in [0.15, 0.2) is 11.4 Å². The average Bonchev–Trinajstić information content (AvgIpc) is 3.60. The zero-order chi connectivity index (χ0) is 37.2. The van der Waals surface area contributed by atoms with Gasteiger partial charge < -0.3 is 30.9 Å². The van der Waals surface area contributed by atoms with Gasteiger partial charge in [-0.3, -0.25) is 29.4 Å². The number of fused-ring (bicyclic) bond motifs is 3. The second-order valence-corrected chi connectivity index (χ2v) is 13.3. The number of halogens is 1. The molecule has 2 saturated heterocycles. The van der Waals surface area contributed by atoms with Crippen LogP contribution < -0.4 is 36.2 Å². The van der Waals surface area contributed by atoms with Crippen LogP contribution in [-0.2, 0) is 16.1 Å². The van der Waals surface area contributed by atoms with Gasteiger partial charge >= 0.3 is 0 Å². The normalized spacial score (nSPS) is 17.5. The number of piperazine rings is 1. The lowest BCUT2D eigenvalue weighted by Crippen LogP contribution is -2.48. The number of carbonyl (C=O) groups is 4. The van der Waals surface area contributed by atoms with Gasteiger partial charge in [-0.1, -0.05) is 0 Å². The van der Waals surface area contributed by atoms with Gasteiger partial charge in [0.1, 0.15) is 29.0 Å². The predicted molar refractivity (Wildman–Crippen MR) is 198 cm³/mol. The van der Waals surface area contributed by atoms with Crippen LogP contribution in [0, 0.1) is 5.82 Å². The number of nitrogens with one attached hydrogen (secondary N) is 5. The summed E-state index contributed by atoms with van der Waals surface area (Å²) < 4.78 is 22.0. The smallest absolute Gasteiger partial charge is 0.261 e. The molecule has 1 unspecified atom stereocenters. The van der Waals surface area contributed by atoms with E-state index in [1.54, 1.807) is 30.5 Å². The standard InChI is InChI=1S/C38H37FN10O5/c39-25-2-9-31-24(19-25)21-41-33-11-13-49-35(45-33)28(22-42-49)37(52)44-30-20-23(1-8-32(30)54-31)36(51)40-12-14-47-15-17-48(18-16-47)27-5-3-26(4-6-27)43-29-7-10-34(50)46-38(29)53/h1-6,8-9,11,13,19-20,22,29,43H,7,10,12,14-18,21H2,(H,40,51)(H,41,45)(H,44,52)(H,46,50,53). The topological polar surface area (TPSA) is 174 Å². The molecule has 16 heteroatoms. The monoisotopic (exact) mass is 732 g/mol. The molecule has 54 heavy (non-hydrogen) atoms. The van der Waals surface area contributed by atoms with Gasteiger partial charge in [-0.15, -0.1) is 0 Å². The Balaban J connectivity index is 0.890. The van der Waals surface area contributed by atoms with Crippen LogP contribution in [0.15, 0.2) is 79.1 Å². The molecule has 3 aliphatic heterocycles. The Bertz CT molecular complexity index is 2250. The number of rotatable bonds is 7. The van der Waals surface area contributed by atoms with E-state index in [9.17, 15) is 23.6 Å². The maximum Gasteiger partial charge on any atom is 0.261 e. The van der Waals surface area contributed by atoms with Crippen LogP contribution in [0.2, 0.25) is 0 Å². The molecule has 3 aliphatic rings. The van der Waals surface area contributed by atoms with Crippen LogP contribution in [-0.4, -0.2) is 88.4 Å². The van der Waals surface area contributed by atoms with Crippen molar-refractivity contribution in [3.63, 3.8) is 0 Å². The lowest BCUT2D eigenvalue weighted by molar-refractivity contribution is -0.133. The Morgan fingerprint density at radius 3 is 2.57 bits per heavy atom. The lowest BCUT2D eigenvalue weighted by Gasteiger charge is -2.36. The highest BCUT2D eigenvalue weighted by Gasteiger charge is 2.27. The molecule has 5 N–H and O–H groups in total. The minimum absolute atomic E-state index is 0.199. The van der Waals surface area contributed by atoms with Crippen molar-refractivity contribution >= 4 is 52.2 Å². The van der Waals surface area contributed by atoms with E-state index in [0.717, 1.165) is 37.6 Å². The van der Waals surface area contributed by atoms with E-state index < -0.39 is 17.8 Å². The second kappa shape index (κ2) is 14.8. The van der Waals surface area contributed by atoms with Crippen LogP contribution in [0.3, 0.4) is 0 Å². The van der Waals surface area contributed by atoms with Crippen LogP contribution in [0.4, 0.5) is 27.3 Å². The zero-order valence-electron chi connectivity index (χ0n) is 29.1. The van der Waals surface area contributed by atoms with Crippen LogP contribution in [0.25, 0.3) is 5.65 Å². The third kappa shape index (κ3) is 7.50.